The van der Waals surface area contributed by atoms with Crippen LogP contribution in [0.25, 0.3) is 0 Å². The van der Waals surface area contributed by atoms with Crippen LogP contribution in [0.2, 0.25) is 0 Å². The quantitative estimate of drug-likeness (QED) is 0.515. The van der Waals surface area contributed by atoms with Crippen molar-refractivity contribution in [1.82, 2.24) is 10.2 Å². The molecule has 0 unspecified atom stereocenters. The van der Waals surface area contributed by atoms with Gasteiger partial charge in [-0.05, 0) is 27.1 Å². The van der Waals surface area contributed by atoms with E-state index in [9.17, 15) is 0 Å². The van der Waals surface area contributed by atoms with Crippen molar-refractivity contribution < 1.29 is 9.47 Å². The lowest BCUT2D eigenvalue weighted by atomic mass is 10.4. The normalized spacial score (nSPS) is 11.1. The van der Waals surface area contributed by atoms with Crippen LogP contribution in [0.1, 0.15) is 6.42 Å². The highest BCUT2D eigenvalue weighted by Crippen LogP contribution is 1.81. The van der Waals surface area contributed by atoms with Crippen LogP contribution in [0.5, 0.6) is 0 Å². The molecular formula is C10H24N2O2. The first-order valence-electron chi connectivity index (χ1n) is 5.19. The van der Waals surface area contributed by atoms with Gasteiger partial charge in [0.1, 0.15) is 0 Å². The SMILES string of the molecule is COCCOCCCNCCN(C)C. The molecule has 14 heavy (non-hydrogen) atoms. The second kappa shape index (κ2) is 10.9. The van der Waals surface area contributed by atoms with E-state index in [1.54, 1.807) is 7.11 Å². The van der Waals surface area contributed by atoms with Gasteiger partial charge in [-0.25, -0.2) is 0 Å². The van der Waals surface area contributed by atoms with Gasteiger partial charge in [0.05, 0.1) is 13.2 Å². The second-order valence-corrected chi connectivity index (χ2v) is 3.51. The minimum atomic E-state index is 0.689. The number of nitrogens with one attached hydrogen (secondary N) is 1. The van der Waals surface area contributed by atoms with E-state index in [0.29, 0.717) is 13.2 Å². The maximum absolute atomic E-state index is 5.33. The Morgan fingerprint density at radius 1 is 1.07 bits per heavy atom. The van der Waals surface area contributed by atoms with E-state index in [0.717, 1.165) is 32.7 Å². The molecule has 0 saturated heterocycles. The van der Waals surface area contributed by atoms with Crippen LogP contribution in [0, 0.1) is 0 Å². The van der Waals surface area contributed by atoms with Gasteiger partial charge in [-0.3, -0.25) is 0 Å². The van der Waals surface area contributed by atoms with Crippen LogP contribution < -0.4 is 5.32 Å². The van der Waals surface area contributed by atoms with Crippen LogP contribution in [-0.2, 0) is 9.47 Å². The fourth-order valence-electron chi connectivity index (χ4n) is 0.971. The summed E-state index contributed by atoms with van der Waals surface area (Å²) in [5.74, 6) is 0. The van der Waals surface area contributed by atoms with Crippen molar-refractivity contribution in [2.45, 2.75) is 6.42 Å². The van der Waals surface area contributed by atoms with E-state index in [4.69, 9.17) is 9.47 Å². The van der Waals surface area contributed by atoms with Gasteiger partial charge in [-0.2, -0.15) is 0 Å². The Morgan fingerprint density at radius 2 is 1.86 bits per heavy atom. The van der Waals surface area contributed by atoms with Crippen LogP contribution in [-0.4, -0.2) is 65.6 Å². The summed E-state index contributed by atoms with van der Waals surface area (Å²) >= 11 is 0. The van der Waals surface area contributed by atoms with Crippen molar-refractivity contribution in [3.8, 4) is 0 Å². The molecule has 0 radical (unpaired) electrons. The van der Waals surface area contributed by atoms with Gasteiger partial charge < -0.3 is 19.7 Å². The predicted octanol–water partition coefficient (Wildman–Crippen LogP) is 0.191. The van der Waals surface area contributed by atoms with Gasteiger partial charge in [-0.15, -0.1) is 0 Å². The number of nitrogens with zero attached hydrogens (tertiary/aromatic N) is 1. The molecule has 0 heterocycles. The van der Waals surface area contributed by atoms with E-state index < -0.39 is 0 Å². The third-order valence-electron chi connectivity index (χ3n) is 1.81. The highest BCUT2D eigenvalue weighted by molar-refractivity contribution is 4.50. The molecular weight excluding hydrogens is 180 g/mol. The van der Waals surface area contributed by atoms with E-state index in [2.05, 4.69) is 24.3 Å². The molecule has 0 fully saturated rings. The van der Waals surface area contributed by atoms with Gasteiger partial charge in [0.15, 0.2) is 0 Å². The average molecular weight is 204 g/mol. The van der Waals surface area contributed by atoms with E-state index in [-0.39, 0.29) is 0 Å². The Hall–Kier alpha value is -0.160. The lowest BCUT2D eigenvalue weighted by Gasteiger charge is -2.10. The molecule has 0 aromatic carbocycles. The predicted molar refractivity (Wildman–Crippen MR) is 58.7 cm³/mol. The fraction of sp³-hybridized carbons (Fsp3) is 1.00. The van der Waals surface area contributed by atoms with Crippen molar-refractivity contribution in [3.63, 3.8) is 0 Å². The standard InChI is InChI=1S/C10H24N2O2/c1-12(2)7-6-11-5-4-8-14-10-9-13-3/h11H,4-10H2,1-3H3. The number of hydrogen-bond acceptors (Lipinski definition) is 4. The van der Waals surface area contributed by atoms with Crippen LogP contribution in [0.4, 0.5) is 0 Å². The summed E-state index contributed by atoms with van der Waals surface area (Å²) in [4.78, 5) is 2.17. The Kier molecular flexibility index (Phi) is 10.8. The molecule has 4 nitrogen and oxygen atoms in total. The highest BCUT2D eigenvalue weighted by atomic mass is 16.5. The molecule has 0 aliphatic carbocycles. The van der Waals surface area contributed by atoms with Gasteiger partial charge >= 0.3 is 0 Å². The highest BCUT2D eigenvalue weighted by Gasteiger charge is 1.91. The molecule has 0 bridgehead atoms. The summed E-state index contributed by atoms with van der Waals surface area (Å²) < 4.78 is 10.2. The summed E-state index contributed by atoms with van der Waals surface area (Å²) in [6, 6.07) is 0. The number of likely N-dealkylation sites (N-methyl/N-ethyl adjacent to an activating group) is 1. The van der Waals surface area contributed by atoms with Gasteiger partial charge in [0.2, 0.25) is 0 Å². The van der Waals surface area contributed by atoms with Crippen molar-refractivity contribution >= 4 is 0 Å². The first-order valence-corrected chi connectivity index (χ1v) is 5.19. The molecule has 0 spiro atoms. The van der Waals surface area contributed by atoms with Crippen molar-refractivity contribution in [1.29, 1.82) is 0 Å². The smallest absolute Gasteiger partial charge is 0.0700 e. The minimum Gasteiger partial charge on any atom is -0.382 e. The molecule has 0 atom stereocenters. The third-order valence-corrected chi connectivity index (χ3v) is 1.81. The maximum Gasteiger partial charge on any atom is 0.0700 e. The van der Waals surface area contributed by atoms with Crippen molar-refractivity contribution in [2.75, 3.05) is 60.7 Å². The number of hydrogen-bond donors (Lipinski definition) is 1. The Balaban J connectivity index is 2.85. The summed E-state index contributed by atoms with van der Waals surface area (Å²) in [6.07, 6.45) is 1.07. The van der Waals surface area contributed by atoms with E-state index >= 15 is 0 Å². The van der Waals surface area contributed by atoms with E-state index in [1.807, 2.05) is 0 Å². The van der Waals surface area contributed by atoms with E-state index in [1.165, 1.54) is 0 Å². The Labute approximate surface area is 87.6 Å². The molecule has 0 amide bonds. The van der Waals surface area contributed by atoms with Gasteiger partial charge in [0, 0.05) is 26.8 Å². The summed E-state index contributed by atoms with van der Waals surface area (Å²) in [7, 11) is 5.84. The third kappa shape index (κ3) is 11.8. The zero-order valence-electron chi connectivity index (χ0n) is 9.71. The van der Waals surface area contributed by atoms with Crippen LogP contribution in [0.3, 0.4) is 0 Å². The molecule has 86 valence electrons. The zero-order valence-corrected chi connectivity index (χ0v) is 9.71. The lowest BCUT2D eigenvalue weighted by molar-refractivity contribution is 0.0695. The maximum atomic E-state index is 5.33. The van der Waals surface area contributed by atoms with Crippen molar-refractivity contribution in [2.24, 2.45) is 0 Å². The fourth-order valence-corrected chi connectivity index (χ4v) is 0.971. The molecule has 0 aromatic heterocycles. The van der Waals surface area contributed by atoms with Gasteiger partial charge in [-0.1, -0.05) is 0 Å². The number of methoxy groups -OCH3 is 1. The molecule has 0 saturated carbocycles. The molecule has 0 rings (SSSR count). The van der Waals surface area contributed by atoms with Crippen LogP contribution >= 0.6 is 0 Å². The molecule has 0 aliphatic rings. The molecule has 1 N–H and O–H groups in total. The molecule has 0 aliphatic heterocycles. The molecule has 0 aromatic rings. The average Bonchev–Trinajstić information content (AvgIpc) is 2.15. The lowest BCUT2D eigenvalue weighted by Crippen LogP contribution is -2.27. The van der Waals surface area contributed by atoms with Crippen LogP contribution in [0.15, 0.2) is 0 Å². The zero-order chi connectivity index (χ0) is 10.6. The summed E-state index contributed by atoms with van der Waals surface area (Å²) in [5.41, 5.74) is 0. The topological polar surface area (TPSA) is 33.7 Å². The first-order chi connectivity index (χ1) is 6.77. The Bertz CT molecular complexity index is 110. The monoisotopic (exact) mass is 204 g/mol. The molecule has 4 heteroatoms. The summed E-state index contributed by atoms with van der Waals surface area (Å²) in [6.45, 7) is 5.37. The largest absolute Gasteiger partial charge is 0.382 e. The number of ether oxygens (including phenoxy) is 2. The minimum absolute atomic E-state index is 0.689. The number of rotatable bonds is 10. The summed E-state index contributed by atoms with van der Waals surface area (Å²) in [5, 5.41) is 3.35. The van der Waals surface area contributed by atoms with Crippen molar-refractivity contribution in [3.05, 3.63) is 0 Å². The first kappa shape index (κ1) is 13.8. The van der Waals surface area contributed by atoms with Gasteiger partial charge in [0.25, 0.3) is 0 Å². The second-order valence-electron chi connectivity index (χ2n) is 3.51. The Morgan fingerprint density at radius 3 is 2.50 bits per heavy atom.